The van der Waals surface area contributed by atoms with Crippen molar-refractivity contribution in [2.75, 3.05) is 13.2 Å². The quantitative estimate of drug-likeness (QED) is 0.872. The summed E-state index contributed by atoms with van der Waals surface area (Å²) in [5.41, 5.74) is 9.26. The molecule has 0 aliphatic rings. The van der Waals surface area contributed by atoms with Crippen LogP contribution in [-0.4, -0.2) is 13.2 Å². The molecule has 0 heterocycles. The minimum atomic E-state index is 0.683. The Labute approximate surface area is 108 Å². The molecule has 94 valence electrons. The number of hydrogen-bond acceptors (Lipinski definition) is 2. The van der Waals surface area contributed by atoms with Gasteiger partial charge in [-0.05, 0) is 48.7 Å². The number of ether oxygens (including phenoxy) is 1. The Hall–Kier alpha value is -1.80. The maximum Gasteiger partial charge on any atom is 0.119 e. The van der Waals surface area contributed by atoms with E-state index in [2.05, 4.69) is 36.4 Å². The van der Waals surface area contributed by atoms with Crippen molar-refractivity contribution in [1.82, 2.24) is 0 Å². The number of hydrogen-bond donors (Lipinski definition) is 1. The first kappa shape index (κ1) is 12.7. The van der Waals surface area contributed by atoms with Crippen LogP contribution in [-0.2, 0) is 6.42 Å². The van der Waals surface area contributed by atoms with Gasteiger partial charge in [0.15, 0.2) is 0 Å². The average molecular weight is 241 g/mol. The van der Waals surface area contributed by atoms with E-state index in [1.54, 1.807) is 0 Å². The van der Waals surface area contributed by atoms with Crippen molar-refractivity contribution in [2.45, 2.75) is 13.3 Å². The van der Waals surface area contributed by atoms with Gasteiger partial charge in [0.25, 0.3) is 0 Å². The molecule has 0 saturated heterocycles. The van der Waals surface area contributed by atoms with Crippen LogP contribution in [0.5, 0.6) is 5.75 Å². The van der Waals surface area contributed by atoms with Crippen LogP contribution in [0.25, 0.3) is 11.1 Å². The first-order valence-electron chi connectivity index (χ1n) is 6.35. The van der Waals surface area contributed by atoms with Crippen LogP contribution in [0.2, 0.25) is 0 Å². The highest BCUT2D eigenvalue weighted by atomic mass is 16.5. The van der Waals surface area contributed by atoms with Gasteiger partial charge in [0.2, 0.25) is 0 Å². The highest BCUT2D eigenvalue weighted by Crippen LogP contribution is 2.24. The van der Waals surface area contributed by atoms with Gasteiger partial charge < -0.3 is 10.5 Å². The first-order chi connectivity index (χ1) is 8.83. The predicted molar refractivity (Wildman–Crippen MR) is 75.8 cm³/mol. The highest BCUT2D eigenvalue weighted by molar-refractivity contribution is 5.65. The Balaban J connectivity index is 2.29. The van der Waals surface area contributed by atoms with E-state index < -0.39 is 0 Å². The Kier molecular flexibility index (Phi) is 4.37. The van der Waals surface area contributed by atoms with E-state index >= 15 is 0 Å². The van der Waals surface area contributed by atoms with Gasteiger partial charge in [-0.1, -0.05) is 36.4 Å². The summed E-state index contributed by atoms with van der Waals surface area (Å²) in [7, 11) is 0. The lowest BCUT2D eigenvalue weighted by Crippen LogP contribution is -2.02. The van der Waals surface area contributed by atoms with Crippen LogP contribution < -0.4 is 10.5 Å². The summed E-state index contributed by atoms with van der Waals surface area (Å²) in [6, 6.07) is 16.7. The van der Waals surface area contributed by atoms with Crippen molar-refractivity contribution in [3.8, 4) is 16.9 Å². The predicted octanol–water partition coefficient (Wildman–Crippen LogP) is 3.25. The van der Waals surface area contributed by atoms with E-state index in [1.807, 2.05) is 19.1 Å². The highest BCUT2D eigenvalue weighted by Gasteiger charge is 2.01. The fourth-order valence-corrected chi connectivity index (χ4v) is 2.01. The third kappa shape index (κ3) is 3.11. The summed E-state index contributed by atoms with van der Waals surface area (Å²) >= 11 is 0. The first-order valence-corrected chi connectivity index (χ1v) is 6.35. The Bertz CT molecular complexity index is 460. The molecule has 0 aliphatic heterocycles. The van der Waals surface area contributed by atoms with E-state index in [0.29, 0.717) is 13.2 Å². The molecule has 0 bridgehead atoms. The lowest BCUT2D eigenvalue weighted by atomic mass is 10.0. The molecule has 2 rings (SSSR count). The minimum Gasteiger partial charge on any atom is -0.494 e. The Morgan fingerprint density at radius 2 is 1.72 bits per heavy atom. The minimum absolute atomic E-state index is 0.683. The zero-order valence-corrected chi connectivity index (χ0v) is 10.7. The summed E-state index contributed by atoms with van der Waals surface area (Å²) in [5, 5.41) is 0. The fraction of sp³-hybridized carbons (Fsp3) is 0.250. The molecule has 2 aromatic rings. The molecule has 0 fully saturated rings. The van der Waals surface area contributed by atoms with Gasteiger partial charge in [0, 0.05) is 0 Å². The van der Waals surface area contributed by atoms with E-state index in [4.69, 9.17) is 10.5 Å². The van der Waals surface area contributed by atoms with Gasteiger partial charge >= 0.3 is 0 Å². The molecule has 0 aliphatic carbocycles. The van der Waals surface area contributed by atoms with Gasteiger partial charge in [-0.3, -0.25) is 0 Å². The van der Waals surface area contributed by atoms with Crippen molar-refractivity contribution < 1.29 is 4.74 Å². The lowest BCUT2D eigenvalue weighted by molar-refractivity contribution is 0.340. The molecule has 2 heteroatoms. The smallest absolute Gasteiger partial charge is 0.119 e. The molecule has 18 heavy (non-hydrogen) atoms. The molecule has 2 nitrogen and oxygen atoms in total. The van der Waals surface area contributed by atoms with Gasteiger partial charge in [-0.25, -0.2) is 0 Å². The maximum atomic E-state index is 5.59. The van der Waals surface area contributed by atoms with Crippen LogP contribution >= 0.6 is 0 Å². The van der Waals surface area contributed by atoms with Gasteiger partial charge in [-0.2, -0.15) is 0 Å². The second-order valence-electron chi connectivity index (χ2n) is 4.20. The fourth-order valence-electron chi connectivity index (χ4n) is 2.01. The van der Waals surface area contributed by atoms with E-state index in [1.165, 1.54) is 16.7 Å². The van der Waals surface area contributed by atoms with Crippen molar-refractivity contribution in [1.29, 1.82) is 0 Å². The molecule has 0 atom stereocenters. The SMILES string of the molecule is CCOc1cccc(-c2cccc(CCN)c2)c1. The summed E-state index contributed by atoms with van der Waals surface area (Å²) in [4.78, 5) is 0. The van der Waals surface area contributed by atoms with E-state index in [0.717, 1.165) is 12.2 Å². The zero-order valence-electron chi connectivity index (χ0n) is 10.7. The topological polar surface area (TPSA) is 35.2 Å². The molecule has 0 amide bonds. The number of nitrogens with two attached hydrogens (primary N) is 1. The molecule has 0 spiro atoms. The molecule has 2 aromatic carbocycles. The lowest BCUT2D eigenvalue weighted by Gasteiger charge is -2.07. The molecule has 0 saturated carbocycles. The molecular weight excluding hydrogens is 222 g/mol. The molecular formula is C16H19NO. The van der Waals surface area contributed by atoms with Crippen molar-refractivity contribution >= 4 is 0 Å². The van der Waals surface area contributed by atoms with Crippen LogP contribution in [0.3, 0.4) is 0 Å². The molecule has 0 aromatic heterocycles. The molecule has 2 N–H and O–H groups in total. The van der Waals surface area contributed by atoms with Crippen molar-refractivity contribution in [2.24, 2.45) is 5.73 Å². The van der Waals surface area contributed by atoms with Crippen molar-refractivity contribution in [3.05, 3.63) is 54.1 Å². The maximum absolute atomic E-state index is 5.59. The van der Waals surface area contributed by atoms with Crippen LogP contribution in [0.4, 0.5) is 0 Å². The molecule has 0 radical (unpaired) electrons. The summed E-state index contributed by atoms with van der Waals surface area (Å²) in [5.74, 6) is 0.916. The monoisotopic (exact) mass is 241 g/mol. The second-order valence-corrected chi connectivity index (χ2v) is 4.20. The Morgan fingerprint density at radius 3 is 2.44 bits per heavy atom. The second kappa shape index (κ2) is 6.22. The summed E-state index contributed by atoms with van der Waals surface area (Å²) in [6.45, 7) is 3.37. The Morgan fingerprint density at radius 1 is 1.00 bits per heavy atom. The van der Waals surface area contributed by atoms with Crippen LogP contribution in [0.15, 0.2) is 48.5 Å². The standard InChI is InChI=1S/C16H19NO/c1-2-18-16-8-4-7-15(12-16)14-6-3-5-13(11-14)9-10-17/h3-8,11-12H,2,9-10,17H2,1H3. The normalized spacial score (nSPS) is 10.3. The van der Waals surface area contributed by atoms with Crippen LogP contribution in [0.1, 0.15) is 12.5 Å². The van der Waals surface area contributed by atoms with Gasteiger partial charge in [0.1, 0.15) is 5.75 Å². The third-order valence-electron chi connectivity index (χ3n) is 2.84. The van der Waals surface area contributed by atoms with Gasteiger partial charge in [-0.15, -0.1) is 0 Å². The summed E-state index contributed by atoms with van der Waals surface area (Å²) in [6.07, 6.45) is 0.916. The number of benzene rings is 2. The van der Waals surface area contributed by atoms with Gasteiger partial charge in [0.05, 0.1) is 6.61 Å². The molecule has 0 unspecified atom stereocenters. The van der Waals surface area contributed by atoms with E-state index in [9.17, 15) is 0 Å². The van der Waals surface area contributed by atoms with Crippen molar-refractivity contribution in [3.63, 3.8) is 0 Å². The summed E-state index contributed by atoms with van der Waals surface area (Å²) < 4.78 is 5.53. The number of rotatable bonds is 5. The van der Waals surface area contributed by atoms with Crippen LogP contribution in [0, 0.1) is 0 Å². The largest absolute Gasteiger partial charge is 0.494 e. The van der Waals surface area contributed by atoms with E-state index in [-0.39, 0.29) is 0 Å². The third-order valence-corrected chi connectivity index (χ3v) is 2.84. The average Bonchev–Trinajstić information content (AvgIpc) is 2.40. The zero-order chi connectivity index (χ0) is 12.8.